The van der Waals surface area contributed by atoms with Gasteiger partial charge in [-0.3, -0.25) is 9.63 Å². The molecule has 0 saturated carbocycles. The number of alkyl halides is 1. The van der Waals surface area contributed by atoms with E-state index >= 15 is 0 Å². The zero-order valence-corrected chi connectivity index (χ0v) is 6.78. The fourth-order valence-corrected chi connectivity index (χ4v) is 0.734. The molecule has 0 saturated heterocycles. The predicted molar refractivity (Wildman–Crippen MR) is 39.7 cm³/mol. The van der Waals surface area contributed by atoms with Crippen LogP contribution in [-0.2, 0) is 9.63 Å². The number of hydrogen-bond acceptors (Lipinski definition) is 2. The molecule has 4 heteroatoms. The van der Waals surface area contributed by atoms with Crippen LogP contribution in [0.1, 0.15) is 19.3 Å². The summed E-state index contributed by atoms with van der Waals surface area (Å²) in [6, 6.07) is 0. The minimum Gasteiger partial charge on any atom is -0.277 e. The molecule has 0 aliphatic heterocycles. The first-order chi connectivity index (χ1) is 4.81. The van der Waals surface area contributed by atoms with Gasteiger partial charge in [-0.15, -0.1) is 11.6 Å². The number of halogens is 1. The molecular formula is C6H12ClNO2. The number of carbonyl (C=O) groups excluding carboxylic acids is 1. The number of amides is 1. The van der Waals surface area contributed by atoms with Crippen molar-refractivity contribution < 1.29 is 9.63 Å². The van der Waals surface area contributed by atoms with Crippen LogP contribution in [0, 0.1) is 0 Å². The molecule has 1 N–H and O–H groups in total. The van der Waals surface area contributed by atoms with Crippen molar-refractivity contribution in [2.45, 2.75) is 19.3 Å². The Hall–Kier alpha value is -0.280. The molecule has 0 rings (SSSR count). The van der Waals surface area contributed by atoms with E-state index in [9.17, 15) is 4.79 Å². The maximum Gasteiger partial charge on any atom is 0.243 e. The van der Waals surface area contributed by atoms with Crippen LogP contribution in [0.15, 0.2) is 0 Å². The third kappa shape index (κ3) is 5.85. The van der Waals surface area contributed by atoms with Crippen molar-refractivity contribution in [1.29, 1.82) is 0 Å². The standard InChI is InChI=1S/C6H12ClNO2/c1-10-8-6(9)4-2-3-5-7/h2-5H2,1H3,(H,8,9). The molecular weight excluding hydrogens is 154 g/mol. The molecule has 0 aromatic carbocycles. The number of unbranched alkanes of at least 4 members (excludes halogenated alkanes) is 1. The summed E-state index contributed by atoms with van der Waals surface area (Å²) in [6.45, 7) is 0. The van der Waals surface area contributed by atoms with Gasteiger partial charge in [-0.05, 0) is 12.8 Å². The van der Waals surface area contributed by atoms with E-state index in [-0.39, 0.29) is 5.91 Å². The van der Waals surface area contributed by atoms with Crippen LogP contribution in [0.3, 0.4) is 0 Å². The number of rotatable bonds is 5. The fraction of sp³-hybridized carbons (Fsp3) is 0.833. The summed E-state index contributed by atoms with van der Waals surface area (Å²) >= 11 is 5.40. The van der Waals surface area contributed by atoms with Crippen LogP contribution in [-0.4, -0.2) is 18.9 Å². The number of hydroxylamine groups is 1. The molecule has 0 aromatic rings. The van der Waals surface area contributed by atoms with Crippen LogP contribution in [0.25, 0.3) is 0 Å². The highest BCUT2D eigenvalue weighted by atomic mass is 35.5. The van der Waals surface area contributed by atoms with Gasteiger partial charge in [0.2, 0.25) is 5.91 Å². The van der Waals surface area contributed by atoms with Crippen LogP contribution in [0.2, 0.25) is 0 Å². The quantitative estimate of drug-likeness (QED) is 0.376. The molecule has 0 bridgehead atoms. The number of carbonyl (C=O) groups is 1. The summed E-state index contributed by atoms with van der Waals surface area (Å²) in [4.78, 5) is 15.0. The highest BCUT2D eigenvalue weighted by Crippen LogP contribution is 1.96. The first kappa shape index (κ1) is 9.72. The first-order valence-electron chi connectivity index (χ1n) is 3.19. The van der Waals surface area contributed by atoms with E-state index in [1.165, 1.54) is 7.11 Å². The van der Waals surface area contributed by atoms with Gasteiger partial charge in [-0.25, -0.2) is 5.48 Å². The largest absolute Gasteiger partial charge is 0.277 e. The van der Waals surface area contributed by atoms with Crippen molar-refractivity contribution >= 4 is 17.5 Å². The molecule has 0 aliphatic carbocycles. The smallest absolute Gasteiger partial charge is 0.243 e. The fourth-order valence-electron chi connectivity index (χ4n) is 0.545. The lowest BCUT2D eigenvalue weighted by Gasteiger charge is -1.99. The van der Waals surface area contributed by atoms with Gasteiger partial charge in [0.05, 0.1) is 7.11 Å². The SMILES string of the molecule is CONC(=O)CCCCCl. The van der Waals surface area contributed by atoms with Crippen molar-refractivity contribution in [2.24, 2.45) is 0 Å². The van der Waals surface area contributed by atoms with Crippen molar-refractivity contribution in [2.75, 3.05) is 13.0 Å². The summed E-state index contributed by atoms with van der Waals surface area (Å²) in [5.74, 6) is 0.521. The molecule has 0 radical (unpaired) electrons. The maximum absolute atomic E-state index is 10.6. The van der Waals surface area contributed by atoms with E-state index in [4.69, 9.17) is 11.6 Å². The molecule has 0 unspecified atom stereocenters. The van der Waals surface area contributed by atoms with Crippen LogP contribution < -0.4 is 5.48 Å². The van der Waals surface area contributed by atoms with Gasteiger partial charge in [0.25, 0.3) is 0 Å². The Morgan fingerprint density at radius 1 is 1.60 bits per heavy atom. The van der Waals surface area contributed by atoms with Gasteiger partial charge in [0, 0.05) is 12.3 Å². The molecule has 1 amide bonds. The lowest BCUT2D eigenvalue weighted by molar-refractivity contribution is -0.131. The average Bonchev–Trinajstić information content (AvgIpc) is 1.89. The van der Waals surface area contributed by atoms with E-state index < -0.39 is 0 Å². The predicted octanol–water partition coefficient (Wildman–Crippen LogP) is 1.07. The third-order valence-corrected chi connectivity index (χ3v) is 1.27. The van der Waals surface area contributed by atoms with Gasteiger partial charge < -0.3 is 0 Å². The van der Waals surface area contributed by atoms with E-state index in [1.54, 1.807) is 0 Å². The van der Waals surface area contributed by atoms with Crippen molar-refractivity contribution in [1.82, 2.24) is 5.48 Å². The highest BCUT2D eigenvalue weighted by molar-refractivity contribution is 6.17. The maximum atomic E-state index is 10.6. The van der Waals surface area contributed by atoms with E-state index in [0.29, 0.717) is 12.3 Å². The van der Waals surface area contributed by atoms with Crippen LogP contribution in [0.4, 0.5) is 0 Å². The molecule has 10 heavy (non-hydrogen) atoms. The second kappa shape index (κ2) is 6.83. The minimum absolute atomic E-state index is 0.0902. The molecule has 3 nitrogen and oxygen atoms in total. The second-order valence-electron chi connectivity index (χ2n) is 1.88. The van der Waals surface area contributed by atoms with Crippen molar-refractivity contribution in [3.05, 3.63) is 0 Å². The Morgan fingerprint density at radius 3 is 2.80 bits per heavy atom. The monoisotopic (exact) mass is 165 g/mol. The summed E-state index contributed by atoms with van der Waals surface area (Å²) in [6.07, 6.45) is 2.18. The molecule has 0 heterocycles. The van der Waals surface area contributed by atoms with Gasteiger partial charge in [0.15, 0.2) is 0 Å². The Labute approximate surface area is 65.6 Å². The molecule has 0 aromatic heterocycles. The Morgan fingerprint density at radius 2 is 2.30 bits per heavy atom. The van der Waals surface area contributed by atoms with Crippen molar-refractivity contribution in [3.63, 3.8) is 0 Å². The van der Waals surface area contributed by atoms with Crippen LogP contribution >= 0.6 is 11.6 Å². The molecule has 0 aliphatic rings. The second-order valence-corrected chi connectivity index (χ2v) is 2.25. The lowest BCUT2D eigenvalue weighted by Crippen LogP contribution is -2.21. The zero-order valence-electron chi connectivity index (χ0n) is 6.02. The molecule has 0 atom stereocenters. The normalized spacial score (nSPS) is 9.40. The highest BCUT2D eigenvalue weighted by Gasteiger charge is 1.97. The molecule has 0 fully saturated rings. The summed E-state index contributed by atoms with van der Waals surface area (Å²) < 4.78 is 0. The van der Waals surface area contributed by atoms with E-state index in [1.807, 2.05) is 0 Å². The van der Waals surface area contributed by atoms with E-state index in [2.05, 4.69) is 10.3 Å². The zero-order chi connectivity index (χ0) is 7.82. The third-order valence-electron chi connectivity index (χ3n) is 1.00. The van der Waals surface area contributed by atoms with Crippen LogP contribution in [0.5, 0.6) is 0 Å². The number of hydrogen-bond donors (Lipinski definition) is 1. The first-order valence-corrected chi connectivity index (χ1v) is 3.72. The minimum atomic E-state index is -0.0902. The summed E-state index contributed by atoms with van der Waals surface area (Å²) in [5, 5.41) is 0. The van der Waals surface area contributed by atoms with Gasteiger partial charge in [-0.2, -0.15) is 0 Å². The number of nitrogens with one attached hydrogen (secondary N) is 1. The Balaban J connectivity index is 3.05. The van der Waals surface area contributed by atoms with Crippen molar-refractivity contribution in [3.8, 4) is 0 Å². The molecule has 0 spiro atoms. The average molecular weight is 166 g/mol. The summed E-state index contributed by atoms with van der Waals surface area (Å²) in [7, 11) is 1.42. The topological polar surface area (TPSA) is 38.3 Å². The van der Waals surface area contributed by atoms with Gasteiger partial charge >= 0.3 is 0 Å². The molecule has 60 valence electrons. The Kier molecular flexibility index (Phi) is 6.64. The van der Waals surface area contributed by atoms with E-state index in [0.717, 1.165) is 12.8 Å². The van der Waals surface area contributed by atoms with Gasteiger partial charge in [-0.1, -0.05) is 0 Å². The Bertz CT molecular complexity index is 97.7. The van der Waals surface area contributed by atoms with Gasteiger partial charge in [0.1, 0.15) is 0 Å². The lowest BCUT2D eigenvalue weighted by atomic mass is 10.2. The summed E-state index contributed by atoms with van der Waals surface area (Å²) in [5.41, 5.74) is 2.22.